The normalized spacial score (nSPS) is 10.9. The second-order valence-corrected chi connectivity index (χ2v) is 9.58. The first kappa shape index (κ1) is 22.8. The first-order chi connectivity index (χ1) is 15.9. The maximum absolute atomic E-state index is 12.9. The van der Waals surface area contributed by atoms with Gasteiger partial charge in [0.15, 0.2) is 0 Å². The zero-order valence-electron chi connectivity index (χ0n) is 17.9. The number of anilines is 2. The number of nitro groups is 1. The van der Waals surface area contributed by atoms with E-state index in [-0.39, 0.29) is 11.6 Å². The number of nitrogens with zero attached hydrogens (tertiary/aromatic N) is 2. The van der Waals surface area contributed by atoms with Crippen LogP contribution in [0.25, 0.3) is 10.2 Å². The number of rotatable bonds is 8. The SMILES string of the molecule is CCCCc1ccc2c(N)c(C(=O)Nc3ccc(Sc4ccc([N+](=O)[O-])cc4)cc3)sc2n1. The van der Waals surface area contributed by atoms with Crippen LogP contribution in [0.3, 0.4) is 0 Å². The summed E-state index contributed by atoms with van der Waals surface area (Å²) in [7, 11) is 0. The Bertz CT molecular complexity index is 1300. The van der Waals surface area contributed by atoms with Crippen LogP contribution in [0.5, 0.6) is 0 Å². The fraction of sp³-hybridized carbons (Fsp3) is 0.167. The van der Waals surface area contributed by atoms with Crippen LogP contribution in [-0.2, 0) is 6.42 Å². The highest BCUT2D eigenvalue weighted by molar-refractivity contribution is 7.99. The third kappa shape index (κ3) is 5.32. The second-order valence-electron chi connectivity index (χ2n) is 7.44. The number of thiophene rings is 1. The van der Waals surface area contributed by atoms with Crippen molar-refractivity contribution < 1.29 is 9.72 Å². The molecule has 0 saturated carbocycles. The zero-order chi connectivity index (χ0) is 23.4. The smallest absolute Gasteiger partial charge is 0.269 e. The van der Waals surface area contributed by atoms with Crippen LogP contribution < -0.4 is 11.1 Å². The van der Waals surface area contributed by atoms with Crippen LogP contribution in [-0.4, -0.2) is 15.8 Å². The molecular formula is C24H22N4O3S2. The highest BCUT2D eigenvalue weighted by Gasteiger charge is 2.18. The van der Waals surface area contributed by atoms with Gasteiger partial charge in [0.2, 0.25) is 0 Å². The number of nitrogen functional groups attached to an aromatic ring is 1. The van der Waals surface area contributed by atoms with E-state index in [1.807, 2.05) is 36.4 Å². The number of aryl methyl sites for hydroxylation is 1. The Kier molecular flexibility index (Phi) is 6.90. The maximum atomic E-state index is 12.9. The van der Waals surface area contributed by atoms with Gasteiger partial charge in [0.1, 0.15) is 9.71 Å². The highest BCUT2D eigenvalue weighted by atomic mass is 32.2. The largest absolute Gasteiger partial charge is 0.397 e. The van der Waals surface area contributed by atoms with Crippen LogP contribution in [0.2, 0.25) is 0 Å². The second kappa shape index (κ2) is 10.0. The minimum atomic E-state index is -0.420. The van der Waals surface area contributed by atoms with Gasteiger partial charge in [-0.2, -0.15) is 0 Å². The number of aromatic nitrogens is 1. The molecule has 168 valence electrons. The van der Waals surface area contributed by atoms with Gasteiger partial charge < -0.3 is 11.1 Å². The average Bonchev–Trinajstić information content (AvgIpc) is 3.15. The Balaban J connectivity index is 1.44. The Labute approximate surface area is 199 Å². The minimum absolute atomic E-state index is 0.0605. The fourth-order valence-electron chi connectivity index (χ4n) is 3.27. The number of carbonyl (C=O) groups excluding carboxylic acids is 1. The third-order valence-electron chi connectivity index (χ3n) is 5.04. The van der Waals surface area contributed by atoms with Crippen molar-refractivity contribution in [3.63, 3.8) is 0 Å². The summed E-state index contributed by atoms with van der Waals surface area (Å²) in [6.07, 6.45) is 3.09. The summed E-state index contributed by atoms with van der Waals surface area (Å²) in [6.45, 7) is 2.14. The van der Waals surface area contributed by atoms with E-state index in [0.717, 1.165) is 45.0 Å². The van der Waals surface area contributed by atoms with Gasteiger partial charge in [0.25, 0.3) is 11.6 Å². The summed E-state index contributed by atoms with van der Waals surface area (Å²) in [5.41, 5.74) is 8.43. The van der Waals surface area contributed by atoms with E-state index in [1.54, 1.807) is 12.1 Å². The lowest BCUT2D eigenvalue weighted by Crippen LogP contribution is -2.11. The van der Waals surface area contributed by atoms with E-state index in [4.69, 9.17) is 5.73 Å². The van der Waals surface area contributed by atoms with E-state index in [1.165, 1.54) is 35.2 Å². The molecule has 0 fully saturated rings. The van der Waals surface area contributed by atoms with Crippen molar-refractivity contribution in [3.8, 4) is 0 Å². The molecule has 1 amide bonds. The molecule has 4 aromatic rings. The lowest BCUT2D eigenvalue weighted by Gasteiger charge is -2.06. The number of nitrogens with two attached hydrogens (primary N) is 1. The van der Waals surface area contributed by atoms with Gasteiger partial charge in [0, 0.05) is 38.7 Å². The summed E-state index contributed by atoms with van der Waals surface area (Å²) < 4.78 is 0. The first-order valence-electron chi connectivity index (χ1n) is 10.5. The molecule has 0 radical (unpaired) electrons. The van der Waals surface area contributed by atoms with Crippen molar-refractivity contribution in [3.05, 3.63) is 81.3 Å². The van der Waals surface area contributed by atoms with Gasteiger partial charge in [0.05, 0.1) is 10.6 Å². The summed E-state index contributed by atoms with van der Waals surface area (Å²) in [4.78, 5) is 31.0. The molecule has 0 aliphatic carbocycles. The summed E-state index contributed by atoms with van der Waals surface area (Å²) in [6, 6.07) is 17.7. The Morgan fingerprint density at radius 2 is 1.76 bits per heavy atom. The Hall–Kier alpha value is -3.43. The molecule has 0 unspecified atom stereocenters. The topological polar surface area (TPSA) is 111 Å². The van der Waals surface area contributed by atoms with E-state index < -0.39 is 4.92 Å². The van der Waals surface area contributed by atoms with Gasteiger partial charge >= 0.3 is 0 Å². The van der Waals surface area contributed by atoms with Gasteiger partial charge in [-0.25, -0.2) is 4.98 Å². The lowest BCUT2D eigenvalue weighted by molar-refractivity contribution is -0.384. The van der Waals surface area contributed by atoms with Crippen molar-refractivity contribution in [2.45, 2.75) is 36.0 Å². The number of hydrogen-bond donors (Lipinski definition) is 2. The summed E-state index contributed by atoms with van der Waals surface area (Å²) >= 11 is 2.79. The molecule has 0 bridgehead atoms. The lowest BCUT2D eigenvalue weighted by atomic mass is 10.1. The maximum Gasteiger partial charge on any atom is 0.269 e. The molecule has 0 atom stereocenters. The fourth-order valence-corrected chi connectivity index (χ4v) is 5.09. The number of fused-ring (bicyclic) bond motifs is 1. The number of unbranched alkanes of at least 4 members (excludes halogenated alkanes) is 1. The number of benzene rings is 2. The van der Waals surface area contributed by atoms with Gasteiger partial charge in [-0.05, 0) is 61.4 Å². The van der Waals surface area contributed by atoms with Crippen LogP contribution in [0.1, 0.15) is 35.1 Å². The van der Waals surface area contributed by atoms with Crippen LogP contribution in [0.4, 0.5) is 17.1 Å². The van der Waals surface area contributed by atoms with E-state index in [9.17, 15) is 14.9 Å². The van der Waals surface area contributed by atoms with Crippen molar-refractivity contribution in [1.29, 1.82) is 0 Å². The number of carbonyl (C=O) groups is 1. The van der Waals surface area contributed by atoms with Crippen LogP contribution in [0, 0.1) is 10.1 Å². The molecule has 33 heavy (non-hydrogen) atoms. The van der Waals surface area contributed by atoms with Crippen molar-refractivity contribution in [2.75, 3.05) is 11.1 Å². The molecule has 2 aromatic carbocycles. The molecule has 2 aromatic heterocycles. The number of nitro benzene ring substituents is 1. The predicted molar refractivity (Wildman–Crippen MR) is 134 cm³/mol. The average molecular weight is 479 g/mol. The number of non-ortho nitro benzene ring substituents is 1. The first-order valence-corrected chi connectivity index (χ1v) is 12.1. The quantitative estimate of drug-likeness (QED) is 0.220. The van der Waals surface area contributed by atoms with E-state index in [2.05, 4.69) is 17.2 Å². The highest BCUT2D eigenvalue weighted by Crippen LogP contribution is 2.34. The molecule has 4 rings (SSSR count). The Morgan fingerprint density at radius 3 is 2.39 bits per heavy atom. The van der Waals surface area contributed by atoms with Gasteiger partial charge in [-0.1, -0.05) is 25.1 Å². The van der Waals surface area contributed by atoms with Gasteiger partial charge in [-0.15, -0.1) is 11.3 Å². The molecule has 7 nitrogen and oxygen atoms in total. The number of pyridine rings is 1. The van der Waals surface area contributed by atoms with Crippen molar-refractivity contribution in [1.82, 2.24) is 4.98 Å². The third-order valence-corrected chi connectivity index (χ3v) is 7.17. The molecule has 0 spiro atoms. The van der Waals surface area contributed by atoms with Crippen LogP contribution in [0.15, 0.2) is 70.5 Å². The van der Waals surface area contributed by atoms with Crippen LogP contribution >= 0.6 is 23.1 Å². The van der Waals surface area contributed by atoms with Crippen molar-refractivity contribution >= 4 is 56.3 Å². The van der Waals surface area contributed by atoms with Crippen molar-refractivity contribution in [2.24, 2.45) is 0 Å². The standard InChI is InChI=1S/C24H22N4O3S2/c1-2-3-4-15-7-14-20-21(25)22(33-24(20)27-15)23(29)26-16-5-10-18(11-6-16)32-19-12-8-17(9-13-19)28(30)31/h5-14H,2-4,25H2,1H3,(H,26,29). The molecule has 0 saturated heterocycles. The minimum Gasteiger partial charge on any atom is -0.397 e. The van der Waals surface area contributed by atoms with Gasteiger partial charge in [-0.3, -0.25) is 14.9 Å². The molecule has 0 aliphatic heterocycles. The molecule has 0 aliphatic rings. The number of hydrogen-bond acceptors (Lipinski definition) is 7. The molecule has 9 heteroatoms. The predicted octanol–water partition coefficient (Wildman–Crippen LogP) is 6.53. The summed E-state index contributed by atoms with van der Waals surface area (Å²) in [5.74, 6) is -0.263. The molecule has 3 N–H and O–H groups in total. The molecular weight excluding hydrogens is 456 g/mol. The monoisotopic (exact) mass is 478 g/mol. The Morgan fingerprint density at radius 1 is 1.09 bits per heavy atom. The van der Waals surface area contributed by atoms with E-state index >= 15 is 0 Å². The molecule has 2 heterocycles. The number of amides is 1. The summed E-state index contributed by atoms with van der Waals surface area (Å²) in [5, 5.41) is 14.5. The zero-order valence-corrected chi connectivity index (χ0v) is 19.5. The van der Waals surface area contributed by atoms with E-state index in [0.29, 0.717) is 16.3 Å². The number of nitrogens with one attached hydrogen (secondary N) is 1.